The molecule has 2 rings (SSSR count). The van der Waals surface area contributed by atoms with E-state index in [1.54, 1.807) is 30.3 Å². The number of carbonyl (C=O) groups excluding carboxylic acids is 1. The van der Waals surface area contributed by atoms with Crippen LogP contribution in [0.1, 0.15) is 21.5 Å². The zero-order valence-electron chi connectivity index (χ0n) is 9.29. The third kappa shape index (κ3) is 2.72. The summed E-state index contributed by atoms with van der Waals surface area (Å²) < 4.78 is 14.3. The maximum absolute atomic E-state index is 13.6. The molecule has 0 aromatic heterocycles. The molecule has 18 heavy (non-hydrogen) atoms. The number of carbonyl (C=O) groups is 1. The van der Waals surface area contributed by atoms with Crippen LogP contribution in [-0.2, 0) is 4.43 Å². The van der Waals surface area contributed by atoms with Gasteiger partial charge < -0.3 is 0 Å². The lowest BCUT2D eigenvalue weighted by Gasteiger charge is -2.07. The highest BCUT2D eigenvalue weighted by Gasteiger charge is 2.16. The Morgan fingerprint density at radius 3 is 2.56 bits per heavy atom. The van der Waals surface area contributed by atoms with Crippen molar-refractivity contribution >= 4 is 40.0 Å². The Morgan fingerprint density at radius 2 is 1.89 bits per heavy atom. The van der Waals surface area contributed by atoms with Gasteiger partial charge in [-0.2, -0.15) is 0 Å². The van der Waals surface area contributed by atoms with Crippen molar-refractivity contribution in [2.45, 2.75) is 4.43 Å². The van der Waals surface area contributed by atoms with E-state index in [-0.39, 0.29) is 11.3 Å². The highest BCUT2D eigenvalue weighted by molar-refractivity contribution is 14.1. The van der Waals surface area contributed by atoms with Gasteiger partial charge in [0.25, 0.3) is 0 Å². The van der Waals surface area contributed by atoms with Gasteiger partial charge in [0.05, 0.1) is 5.56 Å². The van der Waals surface area contributed by atoms with E-state index in [0.717, 1.165) is 5.56 Å². The topological polar surface area (TPSA) is 17.1 Å². The minimum Gasteiger partial charge on any atom is -0.288 e. The summed E-state index contributed by atoms with van der Waals surface area (Å²) in [6.07, 6.45) is 0. The average Bonchev–Trinajstić information content (AvgIpc) is 2.38. The minimum absolute atomic E-state index is 0.0749. The predicted octanol–water partition coefficient (Wildman–Crippen LogP) is 4.65. The lowest BCUT2D eigenvalue weighted by Crippen LogP contribution is -2.07. The molecule has 0 atom stereocenters. The number of halogens is 3. The molecule has 0 N–H and O–H groups in total. The van der Waals surface area contributed by atoms with Crippen LogP contribution in [0.3, 0.4) is 0 Å². The van der Waals surface area contributed by atoms with Gasteiger partial charge in [-0.05, 0) is 29.8 Å². The third-order valence-electron chi connectivity index (χ3n) is 2.58. The molecule has 2 aromatic rings. The van der Waals surface area contributed by atoms with Crippen LogP contribution in [0, 0.1) is 5.82 Å². The van der Waals surface area contributed by atoms with E-state index in [1.807, 2.05) is 0 Å². The van der Waals surface area contributed by atoms with Crippen molar-refractivity contribution in [3.05, 3.63) is 70.0 Å². The molecule has 0 heterocycles. The van der Waals surface area contributed by atoms with Crippen molar-refractivity contribution in [3.8, 4) is 0 Å². The van der Waals surface area contributed by atoms with Crippen LogP contribution in [0.4, 0.5) is 4.39 Å². The first-order valence-corrected chi connectivity index (χ1v) is 7.17. The average molecular weight is 375 g/mol. The van der Waals surface area contributed by atoms with Crippen LogP contribution in [0.2, 0.25) is 5.02 Å². The highest BCUT2D eigenvalue weighted by Crippen LogP contribution is 2.22. The third-order valence-corrected chi connectivity index (χ3v) is 3.64. The molecular formula is C14H9ClFIO. The fraction of sp³-hybridized carbons (Fsp3) is 0.0714. The Bertz CT molecular complexity index is 598. The fourth-order valence-electron chi connectivity index (χ4n) is 1.67. The van der Waals surface area contributed by atoms with E-state index in [0.29, 0.717) is 15.0 Å². The van der Waals surface area contributed by atoms with Gasteiger partial charge in [-0.1, -0.05) is 52.4 Å². The van der Waals surface area contributed by atoms with E-state index in [9.17, 15) is 9.18 Å². The van der Waals surface area contributed by atoms with Gasteiger partial charge in [-0.15, -0.1) is 0 Å². The summed E-state index contributed by atoms with van der Waals surface area (Å²) in [5.41, 5.74) is 1.39. The van der Waals surface area contributed by atoms with Crippen molar-refractivity contribution in [3.63, 3.8) is 0 Å². The van der Waals surface area contributed by atoms with Crippen molar-refractivity contribution in [1.82, 2.24) is 0 Å². The van der Waals surface area contributed by atoms with Gasteiger partial charge in [-0.3, -0.25) is 4.79 Å². The normalized spacial score (nSPS) is 10.4. The van der Waals surface area contributed by atoms with Crippen LogP contribution in [-0.4, -0.2) is 5.78 Å². The van der Waals surface area contributed by atoms with Crippen molar-refractivity contribution in [1.29, 1.82) is 0 Å². The van der Waals surface area contributed by atoms with Crippen LogP contribution in [0.25, 0.3) is 0 Å². The number of hydrogen-bond donors (Lipinski definition) is 0. The summed E-state index contributed by atoms with van der Waals surface area (Å²) in [7, 11) is 0. The van der Waals surface area contributed by atoms with Gasteiger partial charge in [-0.25, -0.2) is 4.39 Å². The maximum atomic E-state index is 13.6. The molecule has 1 nitrogen and oxygen atoms in total. The molecular weight excluding hydrogens is 366 g/mol. The number of ketones is 1. The number of alkyl halides is 1. The maximum Gasteiger partial charge on any atom is 0.196 e. The second kappa shape index (κ2) is 5.80. The Morgan fingerprint density at radius 1 is 1.17 bits per heavy atom. The first-order valence-electron chi connectivity index (χ1n) is 5.27. The first-order chi connectivity index (χ1) is 8.63. The molecule has 0 aliphatic rings. The summed E-state index contributed by atoms with van der Waals surface area (Å²) in [4.78, 5) is 12.3. The molecule has 0 amide bonds. The van der Waals surface area contributed by atoms with Crippen LogP contribution in [0.5, 0.6) is 0 Å². The van der Waals surface area contributed by atoms with Crippen LogP contribution >= 0.6 is 34.2 Å². The molecule has 0 unspecified atom stereocenters. The zero-order valence-corrected chi connectivity index (χ0v) is 12.2. The molecule has 0 aliphatic carbocycles. The molecule has 0 saturated carbocycles. The van der Waals surface area contributed by atoms with E-state index in [4.69, 9.17) is 11.6 Å². The molecule has 0 bridgehead atoms. The SMILES string of the molecule is O=C(c1ccccc1F)c1cc(Cl)ccc1CI. The van der Waals surface area contributed by atoms with Gasteiger partial charge in [0, 0.05) is 15.0 Å². The minimum atomic E-state index is -0.512. The lowest BCUT2D eigenvalue weighted by atomic mass is 9.99. The smallest absolute Gasteiger partial charge is 0.196 e. The summed E-state index contributed by atoms with van der Waals surface area (Å²) in [5.74, 6) is -0.843. The predicted molar refractivity (Wildman–Crippen MR) is 79.0 cm³/mol. The summed E-state index contributed by atoms with van der Waals surface area (Å²) >= 11 is 8.06. The van der Waals surface area contributed by atoms with Gasteiger partial charge in [0.2, 0.25) is 0 Å². The largest absolute Gasteiger partial charge is 0.288 e. The molecule has 0 spiro atoms. The molecule has 4 heteroatoms. The zero-order chi connectivity index (χ0) is 13.1. The molecule has 0 saturated heterocycles. The van der Waals surface area contributed by atoms with E-state index >= 15 is 0 Å². The Hall–Kier alpha value is -0.940. The quantitative estimate of drug-likeness (QED) is 0.434. The second-order valence-corrected chi connectivity index (χ2v) is 4.94. The van der Waals surface area contributed by atoms with Crippen molar-refractivity contribution < 1.29 is 9.18 Å². The fourth-order valence-corrected chi connectivity index (χ4v) is 2.50. The second-order valence-electron chi connectivity index (χ2n) is 3.74. The van der Waals surface area contributed by atoms with E-state index < -0.39 is 5.82 Å². The Labute approximate surface area is 123 Å². The highest BCUT2D eigenvalue weighted by atomic mass is 127. The molecule has 0 fully saturated rings. The van der Waals surface area contributed by atoms with Crippen molar-refractivity contribution in [2.24, 2.45) is 0 Å². The molecule has 0 aliphatic heterocycles. The standard InChI is InChI=1S/C14H9ClFIO/c15-10-6-5-9(8-17)12(7-10)14(18)11-3-1-2-4-13(11)16/h1-7H,8H2. The summed E-state index contributed by atoms with van der Waals surface area (Å²) in [6, 6.07) is 11.1. The Balaban J connectivity index is 2.52. The molecule has 92 valence electrons. The molecule has 2 aromatic carbocycles. The van der Waals surface area contributed by atoms with Gasteiger partial charge in [0.15, 0.2) is 5.78 Å². The van der Waals surface area contributed by atoms with E-state index in [1.165, 1.54) is 12.1 Å². The summed E-state index contributed by atoms with van der Waals surface area (Å²) in [6.45, 7) is 0. The monoisotopic (exact) mass is 374 g/mol. The molecule has 0 radical (unpaired) electrons. The Kier molecular flexibility index (Phi) is 4.35. The van der Waals surface area contributed by atoms with Crippen molar-refractivity contribution in [2.75, 3.05) is 0 Å². The summed E-state index contributed by atoms with van der Waals surface area (Å²) in [5, 5.41) is 0.475. The van der Waals surface area contributed by atoms with Gasteiger partial charge in [0.1, 0.15) is 5.82 Å². The number of rotatable bonds is 3. The number of hydrogen-bond acceptors (Lipinski definition) is 1. The van der Waals surface area contributed by atoms with Gasteiger partial charge >= 0.3 is 0 Å². The first kappa shape index (κ1) is 13.5. The van der Waals surface area contributed by atoms with Crippen LogP contribution < -0.4 is 0 Å². The number of benzene rings is 2. The lowest BCUT2D eigenvalue weighted by molar-refractivity contribution is 0.103. The van der Waals surface area contributed by atoms with E-state index in [2.05, 4.69) is 22.6 Å². The van der Waals surface area contributed by atoms with Crippen LogP contribution in [0.15, 0.2) is 42.5 Å².